The summed E-state index contributed by atoms with van der Waals surface area (Å²) < 4.78 is 5.49. The molecular formula is C25H39N3O4. The Labute approximate surface area is 192 Å². The average molecular weight is 446 g/mol. The summed E-state index contributed by atoms with van der Waals surface area (Å²) in [6.07, 6.45) is 6.03. The van der Waals surface area contributed by atoms with E-state index >= 15 is 0 Å². The number of rotatable bonds is 12. The molecule has 32 heavy (non-hydrogen) atoms. The first-order valence-corrected chi connectivity index (χ1v) is 12.0. The van der Waals surface area contributed by atoms with E-state index in [1.165, 1.54) is 12.8 Å². The molecule has 1 aliphatic rings. The Hall–Kier alpha value is -2.57. The van der Waals surface area contributed by atoms with Gasteiger partial charge in [-0.15, -0.1) is 0 Å². The summed E-state index contributed by atoms with van der Waals surface area (Å²) in [5.41, 5.74) is 0. The first-order chi connectivity index (χ1) is 15.4. The number of nitrogens with zero attached hydrogens (tertiary/aromatic N) is 1. The van der Waals surface area contributed by atoms with Crippen LogP contribution < -0.4 is 15.4 Å². The molecule has 7 heteroatoms. The zero-order valence-electron chi connectivity index (χ0n) is 19.8. The summed E-state index contributed by atoms with van der Waals surface area (Å²) in [7, 11) is 0. The number of piperidine rings is 1. The van der Waals surface area contributed by atoms with Gasteiger partial charge in [0, 0.05) is 19.6 Å². The quantitative estimate of drug-likeness (QED) is 0.484. The van der Waals surface area contributed by atoms with Crippen molar-refractivity contribution in [2.24, 2.45) is 11.8 Å². The van der Waals surface area contributed by atoms with Gasteiger partial charge in [0.1, 0.15) is 11.8 Å². The van der Waals surface area contributed by atoms with Crippen molar-refractivity contribution in [1.29, 1.82) is 0 Å². The van der Waals surface area contributed by atoms with Crippen LogP contribution in [0.3, 0.4) is 0 Å². The van der Waals surface area contributed by atoms with Gasteiger partial charge in [0.25, 0.3) is 5.91 Å². The van der Waals surface area contributed by atoms with Crippen LogP contribution in [0.4, 0.5) is 0 Å². The van der Waals surface area contributed by atoms with Gasteiger partial charge < -0.3 is 20.3 Å². The van der Waals surface area contributed by atoms with Crippen molar-refractivity contribution in [3.05, 3.63) is 30.3 Å². The Bertz CT molecular complexity index is 723. The summed E-state index contributed by atoms with van der Waals surface area (Å²) in [6.45, 7) is 7.53. The van der Waals surface area contributed by atoms with Crippen LogP contribution in [0.25, 0.3) is 0 Å². The van der Waals surface area contributed by atoms with Crippen LogP contribution in [0.15, 0.2) is 30.3 Å². The van der Waals surface area contributed by atoms with Gasteiger partial charge in [-0.25, -0.2) is 0 Å². The molecule has 2 unspecified atom stereocenters. The lowest BCUT2D eigenvalue weighted by Crippen LogP contribution is -2.55. The summed E-state index contributed by atoms with van der Waals surface area (Å²) in [5.74, 6) is -0.0948. The first kappa shape index (κ1) is 25.7. The highest BCUT2D eigenvalue weighted by atomic mass is 16.5. The summed E-state index contributed by atoms with van der Waals surface area (Å²) in [6, 6.07) is 8.46. The molecule has 1 heterocycles. The number of likely N-dealkylation sites (tertiary alicyclic amines) is 1. The molecule has 0 spiro atoms. The van der Waals surface area contributed by atoms with Crippen molar-refractivity contribution in [3.63, 3.8) is 0 Å². The molecule has 0 aromatic heterocycles. The van der Waals surface area contributed by atoms with Crippen LogP contribution in [-0.2, 0) is 14.4 Å². The van der Waals surface area contributed by atoms with E-state index < -0.39 is 6.04 Å². The maximum Gasteiger partial charge on any atom is 0.258 e. The zero-order valence-corrected chi connectivity index (χ0v) is 19.8. The predicted molar refractivity (Wildman–Crippen MR) is 125 cm³/mol. The number of carbonyl (C=O) groups is 3. The molecule has 178 valence electrons. The van der Waals surface area contributed by atoms with Gasteiger partial charge >= 0.3 is 0 Å². The minimum absolute atomic E-state index is 0.0281. The second-order valence-electron chi connectivity index (χ2n) is 8.87. The number of amides is 3. The lowest BCUT2D eigenvalue weighted by atomic mass is 9.95. The molecule has 2 N–H and O–H groups in total. The fourth-order valence-electron chi connectivity index (χ4n) is 3.89. The Morgan fingerprint density at radius 3 is 2.56 bits per heavy atom. The molecule has 0 aliphatic carbocycles. The molecule has 1 aromatic rings. The summed E-state index contributed by atoms with van der Waals surface area (Å²) in [4.78, 5) is 39.9. The highest BCUT2D eigenvalue weighted by Gasteiger charge is 2.33. The van der Waals surface area contributed by atoms with Crippen LogP contribution in [-0.4, -0.2) is 54.9 Å². The van der Waals surface area contributed by atoms with Crippen molar-refractivity contribution in [2.75, 3.05) is 26.2 Å². The molecule has 0 radical (unpaired) electrons. The molecule has 1 aromatic carbocycles. The molecule has 0 bridgehead atoms. The van der Waals surface area contributed by atoms with Crippen molar-refractivity contribution in [2.45, 2.75) is 65.3 Å². The van der Waals surface area contributed by atoms with E-state index in [0.717, 1.165) is 25.7 Å². The van der Waals surface area contributed by atoms with Gasteiger partial charge in [0.2, 0.25) is 11.8 Å². The van der Waals surface area contributed by atoms with Crippen LogP contribution in [0, 0.1) is 11.8 Å². The largest absolute Gasteiger partial charge is 0.484 e. The Balaban J connectivity index is 1.85. The molecule has 1 fully saturated rings. The number of unbranched alkanes of at least 4 members (excludes halogenated alkanes) is 3. The van der Waals surface area contributed by atoms with Gasteiger partial charge in [0.05, 0.1) is 5.92 Å². The van der Waals surface area contributed by atoms with Gasteiger partial charge in [0.15, 0.2) is 6.61 Å². The number of carbonyl (C=O) groups excluding carboxylic acids is 3. The minimum atomic E-state index is -0.641. The Kier molecular flexibility index (Phi) is 11.0. The highest BCUT2D eigenvalue weighted by Crippen LogP contribution is 2.19. The number of para-hydroxylation sites is 1. The molecule has 1 aliphatic heterocycles. The summed E-state index contributed by atoms with van der Waals surface area (Å²) >= 11 is 0. The van der Waals surface area contributed by atoms with Crippen LogP contribution in [0.2, 0.25) is 0 Å². The number of ether oxygens (including phenoxy) is 1. The fraction of sp³-hybridized carbons (Fsp3) is 0.640. The molecule has 2 atom stereocenters. The van der Waals surface area contributed by atoms with E-state index in [0.29, 0.717) is 25.4 Å². The zero-order chi connectivity index (χ0) is 23.3. The molecule has 0 saturated carbocycles. The van der Waals surface area contributed by atoms with Crippen molar-refractivity contribution in [1.82, 2.24) is 15.5 Å². The minimum Gasteiger partial charge on any atom is -0.484 e. The van der Waals surface area contributed by atoms with Crippen LogP contribution in [0.5, 0.6) is 5.75 Å². The standard InChI is InChI=1S/C25H39N3O4/c1-4-5-6-10-15-26-24(30)20-12-11-16-28(17-20)25(31)23(19(2)3)27-22(29)18-32-21-13-8-7-9-14-21/h7-9,13-14,19-20,23H,4-6,10-12,15-18H2,1-3H3,(H,26,30)(H,27,29). The molecular weight excluding hydrogens is 406 g/mol. The lowest BCUT2D eigenvalue weighted by Gasteiger charge is -2.35. The molecule has 2 rings (SSSR count). The van der Waals surface area contributed by atoms with Crippen molar-refractivity contribution in [3.8, 4) is 5.75 Å². The van der Waals surface area contributed by atoms with Gasteiger partial charge in [-0.3, -0.25) is 14.4 Å². The fourth-order valence-corrected chi connectivity index (χ4v) is 3.89. The van der Waals surface area contributed by atoms with Crippen molar-refractivity contribution >= 4 is 17.7 Å². The van der Waals surface area contributed by atoms with E-state index in [9.17, 15) is 14.4 Å². The van der Waals surface area contributed by atoms with Crippen LogP contribution >= 0.6 is 0 Å². The Morgan fingerprint density at radius 1 is 1.12 bits per heavy atom. The van der Waals surface area contributed by atoms with Gasteiger partial charge in [-0.1, -0.05) is 58.2 Å². The maximum atomic E-state index is 13.2. The number of benzene rings is 1. The first-order valence-electron chi connectivity index (χ1n) is 12.0. The lowest BCUT2D eigenvalue weighted by molar-refractivity contribution is -0.141. The predicted octanol–water partition coefficient (Wildman–Crippen LogP) is 3.14. The number of hydrogen-bond donors (Lipinski definition) is 2. The van der Waals surface area contributed by atoms with Crippen LogP contribution in [0.1, 0.15) is 59.3 Å². The number of hydrogen-bond acceptors (Lipinski definition) is 4. The van der Waals surface area contributed by atoms with Gasteiger partial charge in [-0.05, 0) is 37.3 Å². The van der Waals surface area contributed by atoms with E-state index in [1.807, 2.05) is 32.0 Å². The topological polar surface area (TPSA) is 87.7 Å². The summed E-state index contributed by atoms with van der Waals surface area (Å²) in [5, 5.41) is 5.85. The second-order valence-corrected chi connectivity index (χ2v) is 8.87. The monoisotopic (exact) mass is 445 g/mol. The maximum absolute atomic E-state index is 13.2. The highest BCUT2D eigenvalue weighted by molar-refractivity contribution is 5.89. The van der Waals surface area contributed by atoms with Crippen molar-refractivity contribution < 1.29 is 19.1 Å². The third-order valence-electron chi connectivity index (χ3n) is 5.80. The second kappa shape index (κ2) is 13.8. The van der Waals surface area contributed by atoms with E-state index in [4.69, 9.17) is 4.74 Å². The smallest absolute Gasteiger partial charge is 0.258 e. The number of nitrogens with one attached hydrogen (secondary N) is 2. The average Bonchev–Trinajstić information content (AvgIpc) is 2.81. The molecule has 7 nitrogen and oxygen atoms in total. The van der Waals surface area contributed by atoms with E-state index in [2.05, 4.69) is 17.6 Å². The third-order valence-corrected chi connectivity index (χ3v) is 5.80. The Morgan fingerprint density at radius 2 is 1.88 bits per heavy atom. The SMILES string of the molecule is CCCCCCNC(=O)C1CCCN(C(=O)C(NC(=O)COc2ccccc2)C(C)C)C1. The van der Waals surface area contributed by atoms with Gasteiger partial charge in [-0.2, -0.15) is 0 Å². The normalized spacial score (nSPS) is 17.0. The third kappa shape index (κ3) is 8.52. The van der Waals surface area contributed by atoms with E-state index in [1.54, 1.807) is 17.0 Å². The molecule has 1 saturated heterocycles. The molecule has 3 amide bonds. The van der Waals surface area contributed by atoms with E-state index in [-0.39, 0.29) is 36.2 Å².